The first-order valence-corrected chi connectivity index (χ1v) is 7.03. The maximum absolute atomic E-state index is 13.5. The van der Waals surface area contributed by atoms with Gasteiger partial charge in [0.15, 0.2) is 11.6 Å². The highest BCUT2D eigenvalue weighted by molar-refractivity contribution is 9.11. The van der Waals surface area contributed by atoms with E-state index >= 15 is 0 Å². The first-order valence-electron chi connectivity index (χ1n) is 5.42. The third-order valence-electron chi connectivity index (χ3n) is 2.49. The summed E-state index contributed by atoms with van der Waals surface area (Å²) in [5.74, 6) is -0.625. The number of anilines is 1. The monoisotopic (exact) mass is 343 g/mol. The molecular formula is C13H11BrFNO2S. The number of benzene rings is 1. The van der Waals surface area contributed by atoms with E-state index in [-0.39, 0.29) is 11.7 Å². The van der Waals surface area contributed by atoms with Crippen molar-refractivity contribution in [1.29, 1.82) is 0 Å². The molecule has 19 heavy (non-hydrogen) atoms. The van der Waals surface area contributed by atoms with E-state index in [0.717, 1.165) is 9.35 Å². The van der Waals surface area contributed by atoms with Crippen LogP contribution in [0.1, 0.15) is 15.2 Å². The number of carbonyl (C=O) groups excluding carboxylic acids is 1. The van der Waals surface area contributed by atoms with E-state index in [2.05, 4.69) is 21.2 Å². The van der Waals surface area contributed by atoms with Crippen molar-refractivity contribution in [2.24, 2.45) is 0 Å². The number of ether oxygens (including phenoxy) is 1. The van der Waals surface area contributed by atoms with E-state index in [1.807, 2.05) is 6.92 Å². The van der Waals surface area contributed by atoms with Gasteiger partial charge in [0.1, 0.15) is 0 Å². The molecule has 2 rings (SSSR count). The molecule has 1 aromatic carbocycles. The van der Waals surface area contributed by atoms with E-state index in [1.165, 1.54) is 30.6 Å². The van der Waals surface area contributed by atoms with Crippen molar-refractivity contribution in [3.8, 4) is 5.75 Å². The molecule has 0 saturated carbocycles. The molecule has 1 N–H and O–H groups in total. The second kappa shape index (κ2) is 5.71. The minimum atomic E-state index is -0.510. The van der Waals surface area contributed by atoms with Gasteiger partial charge in [0.05, 0.1) is 15.8 Å². The van der Waals surface area contributed by atoms with Gasteiger partial charge in [-0.25, -0.2) is 4.39 Å². The van der Waals surface area contributed by atoms with Crippen molar-refractivity contribution >= 4 is 38.9 Å². The van der Waals surface area contributed by atoms with Crippen LogP contribution in [0.2, 0.25) is 0 Å². The SMILES string of the molecule is COc1ccc(NC(=O)c2cc(C)c(Br)s2)cc1F. The Labute approximate surface area is 122 Å². The Bertz CT molecular complexity index is 608. The van der Waals surface area contributed by atoms with Crippen molar-refractivity contribution < 1.29 is 13.9 Å². The molecule has 0 aliphatic carbocycles. The number of thiophene rings is 1. The molecule has 3 nitrogen and oxygen atoms in total. The normalized spacial score (nSPS) is 10.3. The molecule has 0 spiro atoms. The first-order chi connectivity index (χ1) is 9.01. The lowest BCUT2D eigenvalue weighted by Crippen LogP contribution is -2.10. The Morgan fingerprint density at radius 2 is 2.16 bits per heavy atom. The predicted molar refractivity (Wildman–Crippen MR) is 77.7 cm³/mol. The highest BCUT2D eigenvalue weighted by atomic mass is 79.9. The molecule has 0 atom stereocenters. The minimum Gasteiger partial charge on any atom is -0.494 e. The maximum Gasteiger partial charge on any atom is 0.265 e. The Hall–Kier alpha value is -1.40. The molecular weight excluding hydrogens is 333 g/mol. The van der Waals surface area contributed by atoms with Crippen LogP contribution >= 0.6 is 27.3 Å². The van der Waals surface area contributed by atoms with E-state index < -0.39 is 5.82 Å². The lowest BCUT2D eigenvalue weighted by atomic mass is 10.2. The zero-order chi connectivity index (χ0) is 14.0. The van der Waals surface area contributed by atoms with Crippen LogP contribution < -0.4 is 10.1 Å². The van der Waals surface area contributed by atoms with Gasteiger partial charge >= 0.3 is 0 Å². The van der Waals surface area contributed by atoms with Crippen molar-refractivity contribution in [1.82, 2.24) is 0 Å². The number of hydrogen-bond donors (Lipinski definition) is 1. The second-order valence-electron chi connectivity index (χ2n) is 3.87. The van der Waals surface area contributed by atoms with Crippen LogP contribution in [0.15, 0.2) is 28.1 Å². The molecule has 1 aromatic heterocycles. The minimum absolute atomic E-state index is 0.146. The summed E-state index contributed by atoms with van der Waals surface area (Å²) >= 11 is 4.70. The molecule has 0 unspecified atom stereocenters. The molecule has 0 bridgehead atoms. The number of nitrogens with one attached hydrogen (secondary N) is 1. The fourth-order valence-electron chi connectivity index (χ4n) is 1.51. The molecule has 0 aliphatic heterocycles. The van der Waals surface area contributed by atoms with Crippen LogP contribution in [0, 0.1) is 12.7 Å². The summed E-state index contributed by atoms with van der Waals surface area (Å²) in [6, 6.07) is 6.08. The van der Waals surface area contributed by atoms with Crippen molar-refractivity contribution in [3.05, 3.63) is 44.3 Å². The van der Waals surface area contributed by atoms with Crippen LogP contribution in [0.4, 0.5) is 10.1 Å². The summed E-state index contributed by atoms with van der Waals surface area (Å²) in [6.07, 6.45) is 0. The quantitative estimate of drug-likeness (QED) is 0.905. The Balaban J connectivity index is 2.17. The average Bonchev–Trinajstić information content (AvgIpc) is 2.70. The van der Waals surface area contributed by atoms with Crippen LogP contribution in [0.5, 0.6) is 5.75 Å². The third-order valence-corrected chi connectivity index (χ3v) is 4.63. The number of aryl methyl sites for hydroxylation is 1. The van der Waals surface area contributed by atoms with Crippen molar-refractivity contribution in [2.75, 3.05) is 12.4 Å². The van der Waals surface area contributed by atoms with Crippen LogP contribution in [-0.2, 0) is 0 Å². The Morgan fingerprint density at radius 3 is 2.68 bits per heavy atom. The lowest BCUT2D eigenvalue weighted by molar-refractivity contribution is 0.103. The summed E-state index contributed by atoms with van der Waals surface area (Å²) in [4.78, 5) is 12.5. The number of amides is 1. The molecule has 1 heterocycles. The molecule has 1 amide bonds. The largest absolute Gasteiger partial charge is 0.494 e. The van der Waals surface area contributed by atoms with Gasteiger partial charge in [-0.2, -0.15) is 0 Å². The van der Waals surface area contributed by atoms with Gasteiger partial charge in [0.25, 0.3) is 5.91 Å². The zero-order valence-electron chi connectivity index (χ0n) is 10.3. The number of halogens is 2. The van der Waals surface area contributed by atoms with Crippen LogP contribution in [-0.4, -0.2) is 13.0 Å². The topological polar surface area (TPSA) is 38.3 Å². The van der Waals surface area contributed by atoms with E-state index in [0.29, 0.717) is 10.6 Å². The predicted octanol–water partition coefficient (Wildman–Crippen LogP) is 4.22. The second-order valence-corrected chi connectivity index (χ2v) is 6.24. The molecule has 0 radical (unpaired) electrons. The van der Waals surface area contributed by atoms with Crippen LogP contribution in [0.25, 0.3) is 0 Å². The summed E-state index contributed by atoms with van der Waals surface area (Å²) in [5, 5.41) is 2.65. The molecule has 6 heteroatoms. The lowest BCUT2D eigenvalue weighted by Gasteiger charge is -2.06. The van der Waals surface area contributed by atoms with Gasteiger partial charge < -0.3 is 10.1 Å². The molecule has 0 aliphatic rings. The average molecular weight is 344 g/mol. The highest BCUT2D eigenvalue weighted by Gasteiger charge is 2.12. The Morgan fingerprint density at radius 1 is 1.42 bits per heavy atom. The summed E-state index contributed by atoms with van der Waals surface area (Å²) < 4.78 is 19.2. The Kier molecular flexibility index (Phi) is 4.21. The van der Waals surface area contributed by atoms with E-state index in [4.69, 9.17) is 4.74 Å². The van der Waals surface area contributed by atoms with Gasteiger partial charge in [0.2, 0.25) is 0 Å². The molecule has 0 fully saturated rings. The van der Waals surface area contributed by atoms with Crippen molar-refractivity contribution in [2.45, 2.75) is 6.92 Å². The summed E-state index contributed by atoms with van der Waals surface area (Å²) in [6.45, 7) is 1.91. The number of carbonyl (C=O) groups is 1. The summed E-state index contributed by atoms with van der Waals surface area (Å²) in [7, 11) is 1.39. The smallest absolute Gasteiger partial charge is 0.265 e. The fourth-order valence-corrected chi connectivity index (χ4v) is 2.94. The molecule has 100 valence electrons. The third kappa shape index (κ3) is 3.13. The van der Waals surface area contributed by atoms with Crippen molar-refractivity contribution in [3.63, 3.8) is 0 Å². The van der Waals surface area contributed by atoms with E-state index in [1.54, 1.807) is 12.1 Å². The van der Waals surface area contributed by atoms with E-state index in [9.17, 15) is 9.18 Å². The van der Waals surface area contributed by atoms with Crippen LogP contribution in [0.3, 0.4) is 0 Å². The zero-order valence-corrected chi connectivity index (χ0v) is 12.7. The van der Waals surface area contributed by atoms with Gasteiger partial charge in [-0.05, 0) is 46.6 Å². The van der Waals surface area contributed by atoms with Gasteiger partial charge in [-0.3, -0.25) is 4.79 Å². The molecule has 2 aromatic rings. The number of hydrogen-bond acceptors (Lipinski definition) is 3. The fraction of sp³-hybridized carbons (Fsp3) is 0.154. The van der Waals surface area contributed by atoms with Gasteiger partial charge in [0, 0.05) is 11.8 Å². The first kappa shape index (κ1) is 14.0. The standard InChI is InChI=1S/C13H11BrFNO2S/c1-7-5-11(19-12(7)14)13(17)16-8-3-4-10(18-2)9(15)6-8/h3-6H,1-2H3,(H,16,17). The molecule has 0 saturated heterocycles. The van der Waals surface area contributed by atoms with Gasteiger partial charge in [-0.1, -0.05) is 0 Å². The highest BCUT2D eigenvalue weighted by Crippen LogP contribution is 2.28. The summed E-state index contributed by atoms with van der Waals surface area (Å²) in [5.41, 5.74) is 1.39. The number of methoxy groups -OCH3 is 1. The maximum atomic E-state index is 13.5. The number of rotatable bonds is 3. The van der Waals surface area contributed by atoms with Gasteiger partial charge in [-0.15, -0.1) is 11.3 Å².